The van der Waals surface area contributed by atoms with E-state index in [4.69, 9.17) is 4.74 Å². The summed E-state index contributed by atoms with van der Waals surface area (Å²) in [5.41, 5.74) is 3.78. The molecule has 2 aliphatic carbocycles. The van der Waals surface area contributed by atoms with E-state index >= 15 is 0 Å². The van der Waals surface area contributed by atoms with E-state index in [1.165, 1.54) is 0 Å². The number of aliphatic carboxylic acids is 1. The molecule has 0 unspecified atom stereocenters. The number of fused-ring (bicyclic) bond motifs is 3. The molecule has 31 heavy (non-hydrogen) atoms. The van der Waals surface area contributed by atoms with Crippen molar-refractivity contribution in [1.82, 2.24) is 10.6 Å². The molecule has 1 fully saturated rings. The highest BCUT2D eigenvalue weighted by Gasteiger charge is 2.44. The smallest absolute Gasteiger partial charge is 0.407 e. The van der Waals surface area contributed by atoms with Gasteiger partial charge in [0.05, 0.1) is 5.41 Å². The van der Waals surface area contributed by atoms with Crippen LogP contribution in [-0.2, 0) is 14.3 Å². The molecule has 7 heteroatoms. The number of alkyl carbamates (subject to hydrolysis) is 1. The molecule has 0 atom stereocenters. The molecule has 0 heterocycles. The van der Waals surface area contributed by atoms with Crippen molar-refractivity contribution < 1.29 is 24.2 Å². The maximum absolute atomic E-state index is 12.1. The van der Waals surface area contributed by atoms with Crippen LogP contribution in [0.25, 0.3) is 11.1 Å². The van der Waals surface area contributed by atoms with Crippen molar-refractivity contribution >= 4 is 18.0 Å². The first-order chi connectivity index (χ1) is 15.0. The number of ether oxygens (including phenoxy) is 1. The van der Waals surface area contributed by atoms with Crippen LogP contribution in [-0.4, -0.2) is 42.8 Å². The highest BCUT2D eigenvalue weighted by molar-refractivity contribution is 5.80. The van der Waals surface area contributed by atoms with Crippen LogP contribution in [0, 0.1) is 5.41 Å². The third kappa shape index (κ3) is 4.26. The zero-order valence-electron chi connectivity index (χ0n) is 17.2. The highest BCUT2D eigenvalue weighted by atomic mass is 16.5. The van der Waals surface area contributed by atoms with Gasteiger partial charge in [-0.05, 0) is 35.1 Å². The molecule has 0 bridgehead atoms. The Morgan fingerprint density at radius 3 is 2.13 bits per heavy atom. The van der Waals surface area contributed by atoms with Gasteiger partial charge in [0, 0.05) is 25.4 Å². The summed E-state index contributed by atoms with van der Waals surface area (Å²) in [7, 11) is 0. The van der Waals surface area contributed by atoms with Gasteiger partial charge in [-0.15, -0.1) is 0 Å². The number of carboxylic acids is 1. The van der Waals surface area contributed by atoms with Crippen molar-refractivity contribution in [2.75, 3.05) is 19.7 Å². The molecular formula is C24H26N2O5. The second kappa shape index (κ2) is 8.79. The Morgan fingerprint density at radius 1 is 0.968 bits per heavy atom. The van der Waals surface area contributed by atoms with Crippen molar-refractivity contribution in [1.29, 1.82) is 0 Å². The quantitative estimate of drug-likeness (QED) is 0.606. The van der Waals surface area contributed by atoms with Gasteiger partial charge in [0.15, 0.2) is 0 Å². The minimum absolute atomic E-state index is 0.0175. The van der Waals surface area contributed by atoms with E-state index in [2.05, 4.69) is 34.9 Å². The number of carboxylic acid groups (broad SMARTS) is 1. The van der Waals surface area contributed by atoms with E-state index < -0.39 is 17.5 Å². The molecule has 3 N–H and O–H groups in total. The van der Waals surface area contributed by atoms with Gasteiger partial charge < -0.3 is 20.5 Å². The topological polar surface area (TPSA) is 105 Å². The Bertz CT molecular complexity index is 953. The summed E-state index contributed by atoms with van der Waals surface area (Å²) in [4.78, 5) is 35.4. The molecule has 7 nitrogen and oxygen atoms in total. The van der Waals surface area contributed by atoms with E-state index in [-0.39, 0.29) is 37.9 Å². The number of rotatable bonds is 8. The first kappa shape index (κ1) is 20.9. The Balaban J connectivity index is 1.22. The number of nitrogens with one attached hydrogen (secondary N) is 2. The maximum atomic E-state index is 12.1. The molecule has 0 aliphatic heterocycles. The zero-order chi connectivity index (χ0) is 21.8. The summed E-state index contributed by atoms with van der Waals surface area (Å²) in [6.07, 6.45) is 1.53. The van der Waals surface area contributed by atoms with Gasteiger partial charge >= 0.3 is 12.1 Å². The minimum Gasteiger partial charge on any atom is -0.481 e. The van der Waals surface area contributed by atoms with Crippen molar-refractivity contribution in [2.45, 2.75) is 31.6 Å². The Labute approximate surface area is 180 Å². The Hall–Kier alpha value is -3.35. The predicted octanol–water partition coefficient (Wildman–Crippen LogP) is 3.29. The standard InChI is InChI=1S/C24H26N2O5/c27-21(26-15-24(22(28)29)11-5-12-24)10-13-25-23(30)31-14-20-18-8-3-1-6-16(18)17-7-2-4-9-19(17)20/h1-4,6-9,20H,5,10-15H2,(H,25,30)(H,26,27)(H,28,29). The third-order valence-corrected chi connectivity index (χ3v) is 6.35. The molecule has 0 aromatic heterocycles. The fourth-order valence-electron chi connectivity index (χ4n) is 4.35. The molecule has 2 aromatic carbocycles. The molecule has 1 saturated carbocycles. The van der Waals surface area contributed by atoms with Crippen LogP contribution in [0.3, 0.4) is 0 Å². The largest absolute Gasteiger partial charge is 0.481 e. The first-order valence-corrected chi connectivity index (χ1v) is 10.6. The van der Waals surface area contributed by atoms with E-state index in [0.29, 0.717) is 12.8 Å². The number of hydrogen-bond donors (Lipinski definition) is 3. The van der Waals surface area contributed by atoms with Crippen molar-refractivity contribution in [2.24, 2.45) is 5.41 Å². The SMILES string of the molecule is O=C(CCNC(=O)OCC1c2ccccc2-c2ccccc21)NCC1(C(=O)O)CCC1. The van der Waals surface area contributed by atoms with Crippen molar-refractivity contribution in [3.05, 3.63) is 59.7 Å². The summed E-state index contributed by atoms with van der Waals surface area (Å²) in [5.74, 6) is -1.17. The van der Waals surface area contributed by atoms with Gasteiger partial charge in [0.1, 0.15) is 6.61 Å². The Morgan fingerprint density at radius 2 is 1.58 bits per heavy atom. The summed E-state index contributed by atoms with van der Waals surface area (Å²) in [5, 5.41) is 14.6. The number of carbonyl (C=O) groups is 3. The van der Waals surface area contributed by atoms with Gasteiger partial charge in [-0.1, -0.05) is 55.0 Å². The van der Waals surface area contributed by atoms with Crippen LogP contribution in [0.4, 0.5) is 4.79 Å². The summed E-state index contributed by atoms with van der Waals surface area (Å²) >= 11 is 0. The van der Waals surface area contributed by atoms with Gasteiger partial charge in [-0.3, -0.25) is 9.59 Å². The fraction of sp³-hybridized carbons (Fsp3) is 0.375. The average molecular weight is 422 g/mol. The maximum Gasteiger partial charge on any atom is 0.407 e. The number of benzene rings is 2. The molecule has 0 spiro atoms. The second-order valence-electron chi connectivity index (χ2n) is 8.22. The van der Waals surface area contributed by atoms with Gasteiger partial charge in [0.25, 0.3) is 0 Å². The van der Waals surface area contributed by atoms with E-state index in [0.717, 1.165) is 28.7 Å². The van der Waals surface area contributed by atoms with Crippen LogP contribution in [0.1, 0.15) is 42.7 Å². The average Bonchev–Trinajstić information content (AvgIpc) is 3.05. The van der Waals surface area contributed by atoms with Gasteiger partial charge in [-0.2, -0.15) is 0 Å². The van der Waals surface area contributed by atoms with Crippen molar-refractivity contribution in [3.8, 4) is 11.1 Å². The van der Waals surface area contributed by atoms with Crippen LogP contribution >= 0.6 is 0 Å². The zero-order valence-corrected chi connectivity index (χ0v) is 17.2. The Kier molecular flexibility index (Phi) is 5.93. The second-order valence-corrected chi connectivity index (χ2v) is 8.22. The molecule has 2 aromatic rings. The molecule has 2 aliphatic rings. The summed E-state index contributed by atoms with van der Waals surface area (Å²) in [6.45, 7) is 0.474. The lowest BCUT2D eigenvalue weighted by Gasteiger charge is -2.37. The number of hydrogen-bond acceptors (Lipinski definition) is 4. The lowest BCUT2D eigenvalue weighted by atomic mass is 9.69. The fourth-order valence-corrected chi connectivity index (χ4v) is 4.35. The van der Waals surface area contributed by atoms with Crippen LogP contribution in [0.15, 0.2) is 48.5 Å². The predicted molar refractivity (Wildman–Crippen MR) is 115 cm³/mol. The number of carbonyl (C=O) groups excluding carboxylic acids is 2. The lowest BCUT2D eigenvalue weighted by Crippen LogP contribution is -2.47. The number of amides is 2. The highest BCUT2D eigenvalue weighted by Crippen LogP contribution is 2.44. The molecule has 2 amide bonds. The first-order valence-electron chi connectivity index (χ1n) is 10.6. The molecule has 162 valence electrons. The minimum atomic E-state index is -0.865. The van der Waals surface area contributed by atoms with Gasteiger partial charge in [-0.25, -0.2) is 4.79 Å². The monoisotopic (exact) mass is 422 g/mol. The molecular weight excluding hydrogens is 396 g/mol. The molecule has 0 saturated heterocycles. The third-order valence-electron chi connectivity index (χ3n) is 6.35. The van der Waals surface area contributed by atoms with Crippen molar-refractivity contribution in [3.63, 3.8) is 0 Å². The van der Waals surface area contributed by atoms with E-state index in [9.17, 15) is 19.5 Å². The van der Waals surface area contributed by atoms with Crippen LogP contribution in [0.2, 0.25) is 0 Å². The molecule has 0 radical (unpaired) electrons. The molecule has 4 rings (SSSR count). The van der Waals surface area contributed by atoms with E-state index in [1.807, 2.05) is 24.3 Å². The summed E-state index contributed by atoms with van der Waals surface area (Å²) in [6, 6.07) is 16.2. The summed E-state index contributed by atoms with van der Waals surface area (Å²) < 4.78 is 5.43. The van der Waals surface area contributed by atoms with Crippen LogP contribution < -0.4 is 10.6 Å². The lowest BCUT2D eigenvalue weighted by molar-refractivity contribution is -0.154. The normalized spacial score (nSPS) is 15.9. The van der Waals surface area contributed by atoms with Crippen LogP contribution in [0.5, 0.6) is 0 Å². The van der Waals surface area contributed by atoms with E-state index in [1.54, 1.807) is 0 Å². The van der Waals surface area contributed by atoms with Gasteiger partial charge in [0.2, 0.25) is 5.91 Å².